The number of hydrogen-bond donors (Lipinski definition) is 5. The third-order valence-corrected chi connectivity index (χ3v) is 6.42. The molecule has 2 unspecified atom stereocenters. The van der Waals surface area contributed by atoms with E-state index < -0.39 is 36.6 Å². The molecule has 0 aromatic rings. The van der Waals surface area contributed by atoms with Crippen LogP contribution in [0, 0.1) is 11.8 Å². The van der Waals surface area contributed by atoms with E-state index in [0.717, 1.165) is 6.42 Å². The van der Waals surface area contributed by atoms with Crippen molar-refractivity contribution in [2.24, 2.45) is 11.8 Å². The van der Waals surface area contributed by atoms with Crippen LogP contribution in [0.2, 0.25) is 0 Å². The monoisotopic (exact) mass is 372 g/mol. The second-order valence-electron chi connectivity index (χ2n) is 7.89. The summed E-state index contributed by atoms with van der Waals surface area (Å²) < 4.78 is 4.97. The van der Waals surface area contributed by atoms with Gasteiger partial charge in [-0.05, 0) is 43.9 Å². The maximum atomic E-state index is 12.4. The fourth-order valence-electron chi connectivity index (χ4n) is 4.21. The molecule has 26 heavy (non-hydrogen) atoms. The van der Waals surface area contributed by atoms with E-state index >= 15 is 0 Å². The van der Waals surface area contributed by atoms with E-state index in [1.807, 2.05) is 6.92 Å². The summed E-state index contributed by atoms with van der Waals surface area (Å²) in [6.07, 6.45) is -0.871. The lowest BCUT2D eigenvalue weighted by molar-refractivity contribution is -0.278. The Morgan fingerprint density at radius 1 is 1.04 bits per heavy atom. The number of carbonyl (C=O) groups is 1. The van der Waals surface area contributed by atoms with Gasteiger partial charge in [0.1, 0.15) is 18.3 Å². The summed E-state index contributed by atoms with van der Waals surface area (Å²) in [6.45, 7) is 3.71. The molecule has 4 fully saturated rings. The van der Waals surface area contributed by atoms with Gasteiger partial charge in [0.2, 0.25) is 0 Å². The van der Waals surface area contributed by atoms with Crippen LogP contribution in [0.3, 0.4) is 0 Å². The normalized spacial score (nSPS) is 44.7. The van der Waals surface area contributed by atoms with Crippen LogP contribution >= 0.6 is 0 Å². The molecule has 4 rings (SSSR count). The summed E-state index contributed by atoms with van der Waals surface area (Å²) in [4.78, 5) is 14.0. The van der Waals surface area contributed by atoms with Gasteiger partial charge in [-0.2, -0.15) is 0 Å². The first-order valence-corrected chi connectivity index (χ1v) is 9.83. The van der Waals surface area contributed by atoms with E-state index in [1.165, 1.54) is 11.8 Å². The van der Waals surface area contributed by atoms with Crippen molar-refractivity contribution in [3.8, 4) is 0 Å². The molecule has 0 bridgehead atoms. The van der Waals surface area contributed by atoms with Crippen molar-refractivity contribution in [1.29, 1.82) is 0 Å². The van der Waals surface area contributed by atoms with E-state index in [9.17, 15) is 25.2 Å². The molecule has 8 nitrogen and oxygen atoms in total. The predicted octanol–water partition coefficient (Wildman–Crippen LogP) is -1.20. The van der Waals surface area contributed by atoms with Crippen molar-refractivity contribution >= 4 is 5.91 Å². The highest BCUT2D eigenvalue weighted by Crippen LogP contribution is 2.49. The van der Waals surface area contributed by atoms with Crippen molar-refractivity contribution in [2.45, 2.75) is 75.8 Å². The maximum absolute atomic E-state index is 12.4. The molecule has 2 heterocycles. The molecule has 6 atom stereocenters. The molecule has 0 spiro atoms. The molecule has 150 valence electrons. The predicted molar refractivity (Wildman–Crippen MR) is 93.0 cm³/mol. The zero-order valence-electron chi connectivity index (χ0n) is 15.3. The van der Waals surface area contributed by atoms with Gasteiger partial charge in [-0.1, -0.05) is 6.92 Å². The highest BCUT2D eigenvalue weighted by atomic mass is 16.6. The fraction of sp³-hybridized carbons (Fsp3) is 0.944. The first-order chi connectivity index (χ1) is 12.4. The Balaban J connectivity index is 0.000000269. The number of nitrogens with one attached hydrogen (secondary N) is 1. The lowest BCUT2D eigenvalue weighted by atomic mass is 9.60. The van der Waals surface area contributed by atoms with Crippen molar-refractivity contribution in [3.63, 3.8) is 0 Å². The highest BCUT2D eigenvalue weighted by Gasteiger charge is 2.48. The quantitative estimate of drug-likeness (QED) is 0.413. The molecule has 2 saturated carbocycles. The highest BCUT2D eigenvalue weighted by molar-refractivity contribution is 5.82. The topological polar surface area (TPSA) is 122 Å². The molecule has 4 aliphatic rings. The Labute approximate surface area is 154 Å². The van der Waals surface area contributed by atoms with Crippen LogP contribution in [0.15, 0.2) is 0 Å². The lowest BCUT2D eigenvalue weighted by Crippen LogP contribution is -2.64. The minimum atomic E-state index is -1.69. The molecular formula is C18H32N2O6. The summed E-state index contributed by atoms with van der Waals surface area (Å²) in [5.41, 5.74) is 0. The van der Waals surface area contributed by atoms with Gasteiger partial charge in [0.25, 0.3) is 5.91 Å². The molecule has 0 radical (unpaired) electrons. The zero-order valence-corrected chi connectivity index (χ0v) is 15.3. The number of carbonyl (C=O) groups excluding carboxylic acids is 1. The molecular weight excluding hydrogens is 340 g/mol. The summed E-state index contributed by atoms with van der Waals surface area (Å²) in [5, 5.41) is 41.6. The molecule has 2 aliphatic carbocycles. The van der Waals surface area contributed by atoms with Crippen LogP contribution in [-0.2, 0) is 9.53 Å². The van der Waals surface area contributed by atoms with Crippen molar-refractivity contribution < 1.29 is 30.0 Å². The standard InChI is InChI=1S/C12H22N2O6.C6H10/c1-2-6-5-13-3-4-14(6)11(18)10-8(16)7(15)9(17)12(19)20-10;1-2-6-4-3-5(1)6/h6-10,12-13,15-17,19H,2-5H2,1H3;5-6H,1-4H2/t6?,7-,8-,9+,10-,12?;/m0./s1. The molecule has 2 aliphatic heterocycles. The smallest absolute Gasteiger partial charge is 0.254 e. The number of aliphatic hydroxyl groups is 4. The first-order valence-electron chi connectivity index (χ1n) is 9.83. The van der Waals surface area contributed by atoms with Crippen LogP contribution in [-0.4, -0.2) is 87.6 Å². The largest absolute Gasteiger partial charge is 0.387 e. The number of aliphatic hydroxyl groups excluding tert-OH is 4. The van der Waals surface area contributed by atoms with Gasteiger partial charge in [0.05, 0.1) is 0 Å². The Hall–Kier alpha value is -0.770. The third-order valence-electron chi connectivity index (χ3n) is 6.42. The minimum Gasteiger partial charge on any atom is -0.387 e. The number of ether oxygens (including phenoxy) is 1. The first kappa shape index (κ1) is 20.0. The maximum Gasteiger partial charge on any atom is 0.254 e. The summed E-state index contributed by atoms with van der Waals surface area (Å²) >= 11 is 0. The van der Waals surface area contributed by atoms with Crippen LogP contribution in [0.25, 0.3) is 0 Å². The summed E-state index contributed by atoms with van der Waals surface area (Å²) in [5.74, 6) is 1.95. The summed E-state index contributed by atoms with van der Waals surface area (Å²) in [7, 11) is 0. The number of nitrogens with zero attached hydrogens (tertiary/aromatic N) is 1. The van der Waals surface area contributed by atoms with E-state index in [0.29, 0.717) is 19.6 Å². The van der Waals surface area contributed by atoms with Gasteiger partial charge in [-0.25, -0.2) is 0 Å². The Morgan fingerprint density at radius 2 is 1.65 bits per heavy atom. The second-order valence-corrected chi connectivity index (χ2v) is 7.89. The van der Waals surface area contributed by atoms with Gasteiger partial charge < -0.3 is 35.4 Å². The third kappa shape index (κ3) is 3.90. The van der Waals surface area contributed by atoms with Crippen LogP contribution in [0.4, 0.5) is 0 Å². The molecule has 2 saturated heterocycles. The molecule has 8 heteroatoms. The molecule has 0 aromatic heterocycles. The van der Waals surface area contributed by atoms with E-state index in [4.69, 9.17) is 4.74 Å². The Morgan fingerprint density at radius 3 is 2.15 bits per heavy atom. The Bertz CT molecular complexity index is 474. The number of piperazine rings is 1. The average molecular weight is 372 g/mol. The van der Waals surface area contributed by atoms with Crippen LogP contribution < -0.4 is 5.32 Å². The number of hydrogen-bond acceptors (Lipinski definition) is 7. The van der Waals surface area contributed by atoms with Gasteiger partial charge in [-0.15, -0.1) is 0 Å². The second kappa shape index (κ2) is 8.50. The number of amides is 1. The van der Waals surface area contributed by atoms with Crippen molar-refractivity contribution in [1.82, 2.24) is 10.2 Å². The molecule has 5 N–H and O–H groups in total. The average Bonchev–Trinajstić information content (AvgIpc) is 2.65. The molecule has 1 amide bonds. The number of fused-ring (bicyclic) bond motifs is 1. The van der Waals surface area contributed by atoms with Gasteiger partial charge >= 0.3 is 0 Å². The van der Waals surface area contributed by atoms with E-state index in [1.54, 1.807) is 30.6 Å². The van der Waals surface area contributed by atoms with Gasteiger partial charge in [0, 0.05) is 25.7 Å². The SMILES string of the molecule is C1CC2CCC12.CCC1CNCCN1C(=O)[C@H]1OC(O)[C@H](O)[C@@H](O)[C@@H]1O. The van der Waals surface area contributed by atoms with Gasteiger partial charge in [-0.3, -0.25) is 4.79 Å². The van der Waals surface area contributed by atoms with E-state index in [2.05, 4.69) is 5.32 Å². The number of rotatable bonds is 2. The van der Waals surface area contributed by atoms with E-state index in [-0.39, 0.29) is 6.04 Å². The zero-order chi connectivity index (χ0) is 18.8. The minimum absolute atomic E-state index is 0.0202. The van der Waals surface area contributed by atoms with Crippen LogP contribution in [0.5, 0.6) is 0 Å². The van der Waals surface area contributed by atoms with Crippen LogP contribution in [0.1, 0.15) is 39.0 Å². The Kier molecular flexibility index (Phi) is 6.53. The fourth-order valence-corrected chi connectivity index (χ4v) is 4.21. The van der Waals surface area contributed by atoms with Crippen molar-refractivity contribution in [3.05, 3.63) is 0 Å². The van der Waals surface area contributed by atoms with Crippen molar-refractivity contribution in [2.75, 3.05) is 19.6 Å². The lowest BCUT2D eigenvalue weighted by Gasteiger charge is -2.46. The molecule has 0 aromatic carbocycles. The summed E-state index contributed by atoms with van der Waals surface area (Å²) in [6, 6.07) is -0.0202. The van der Waals surface area contributed by atoms with Gasteiger partial charge in [0.15, 0.2) is 12.4 Å².